The Bertz CT molecular complexity index is 628. The molecule has 1 saturated heterocycles. The Balaban J connectivity index is 1.88. The first-order valence-corrected chi connectivity index (χ1v) is 9.68. The molecule has 7 nitrogen and oxygen atoms in total. The molecule has 1 N–H and O–H groups in total. The van der Waals surface area contributed by atoms with Crippen molar-refractivity contribution in [3.05, 3.63) is 24.5 Å². The van der Waals surface area contributed by atoms with Gasteiger partial charge < -0.3 is 10.2 Å². The van der Waals surface area contributed by atoms with Crippen LogP contribution in [0.3, 0.4) is 0 Å². The zero-order valence-electron chi connectivity index (χ0n) is 14.3. The number of hydrogen-bond acceptors (Lipinski definition) is 5. The Kier molecular flexibility index (Phi) is 6.70. The average Bonchev–Trinajstić information content (AvgIpc) is 2.61. The number of piperidine rings is 1. The third-order valence-corrected chi connectivity index (χ3v) is 6.26. The number of likely N-dealkylation sites (N-methyl/N-ethyl adjacent to an activating group) is 1. The van der Waals surface area contributed by atoms with E-state index in [2.05, 4.69) is 10.3 Å². The lowest BCUT2D eigenvalue weighted by Crippen LogP contribution is -2.44. The fraction of sp³-hybridized carbons (Fsp3) is 0.625. The molecule has 0 unspecified atom stereocenters. The van der Waals surface area contributed by atoms with Crippen LogP contribution in [-0.4, -0.2) is 68.8 Å². The van der Waals surface area contributed by atoms with Gasteiger partial charge in [-0.1, -0.05) is 0 Å². The minimum atomic E-state index is -3.68. The van der Waals surface area contributed by atoms with Crippen molar-refractivity contribution in [2.75, 3.05) is 40.3 Å². The van der Waals surface area contributed by atoms with Crippen molar-refractivity contribution >= 4 is 15.9 Å². The van der Waals surface area contributed by atoms with E-state index in [-0.39, 0.29) is 17.3 Å². The lowest BCUT2D eigenvalue weighted by Gasteiger charge is -2.33. The second-order valence-electron chi connectivity index (χ2n) is 6.17. The molecule has 1 aromatic rings. The van der Waals surface area contributed by atoms with Crippen LogP contribution in [0.15, 0.2) is 29.4 Å². The number of amides is 1. The SMILES string of the molecule is CNCCC1CCN(C(=O)CN(C)S(=O)(=O)c2cccnc2)CC1. The van der Waals surface area contributed by atoms with E-state index in [0.717, 1.165) is 30.1 Å². The molecule has 0 radical (unpaired) electrons. The van der Waals surface area contributed by atoms with E-state index in [1.54, 1.807) is 11.0 Å². The van der Waals surface area contributed by atoms with Crippen molar-refractivity contribution < 1.29 is 13.2 Å². The van der Waals surface area contributed by atoms with E-state index in [9.17, 15) is 13.2 Å². The highest BCUT2D eigenvalue weighted by atomic mass is 32.2. The quantitative estimate of drug-likeness (QED) is 0.773. The van der Waals surface area contributed by atoms with E-state index in [0.29, 0.717) is 19.0 Å². The topological polar surface area (TPSA) is 82.6 Å². The molecule has 0 saturated carbocycles. The largest absolute Gasteiger partial charge is 0.342 e. The smallest absolute Gasteiger partial charge is 0.244 e. The lowest BCUT2D eigenvalue weighted by molar-refractivity contribution is -0.132. The van der Waals surface area contributed by atoms with Crippen molar-refractivity contribution in [1.82, 2.24) is 19.5 Å². The van der Waals surface area contributed by atoms with Crippen molar-refractivity contribution in [2.24, 2.45) is 5.92 Å². The Morgan fingerprint density at radius 3 is 2.71 bits per heavy atom. The lowest BCUT2D eigenvalue weighted by atomic mass is 9.93. The summed E-state index contributed by atoms with van der Waals surface area (Å²) in [6.45, 7) is 2.26. The minimum absolute atomic E-state index is 0.103. The van der Waals surface area contributed by atoms with Crippen LogP contribution in [0, 0.1) is 5.92 Å². The number of nitrogens with zero attached hydrogens (tertiary/aromatic N) is 3. The van der Waals surface area contributed by atoms with Crippen LogP contribution in [0.25, 0.3) is 0 Å². The number of nitrogens with one attached hydrogen (secondary N) is 1. The van der Waals surface area contributed by atoms with Gasteiger partial charge in [0.05, 0.1) is 6.54 Å². The van der Waals surface area contributed by atoms with Gasteiger partial charge in [-0.3, -0.25) is 9.78 Å². The van der Waals surface area contributed by atoms with E-state index in [1.807, 2.05) is 7.05 Å². The molecule has 1 aromatic heterocycles. The second kappa shape index (κ2) is 8.55. The van der Waals surface area contributed by atoms with Crippen LogP contribution >= 0.6 is 0 Å². The van der Waals surface area contributed by atoms with Crippen molar-refractivity contribution in [3.8, 4) is 0 Å². The maximum absolute atomic E-state index is 12.4. The van der Waals surface area contributed by atoms with Gasteiger partial charge in [0.15, 0.2) is 0 Å². The molecule has 0 spiro atoms. The van der Waals surface area contributed by atoms with Crippen molar-refractivity contribution in [1.29, 1.82) is 0 Å². The summed E-state index contributed by atoms with van der Waals surface area (Å²) in [5.41, 5.74) is 0. The monoisotopic (exact) mass is 354 g/mol. The minimum Gasteiger partial charge on any atom is -0.342 e. The molecular weight excluding hydrogens is 328 g/mol. The second-order valence-corrected chi connectivity index (χ2v) is 8.21. The fourth-order valence-electron chi connectivity index (χ4n) is 2.87. The normalized spacial score (nSPS) is 16.5. The molecule has 0 bridgehead atoms. The summed E-state index contributed by atoms with van der Waals surface area (Å²) in [4.78, 5) is 18.1. The van der Waals surface area contributed by atoms with Crippen LogP contribution in [0.2, 0.25) is 0 Å². The highest BCUT2D eigenvalue weighted by Crippen LogP contribution is 2.20. The van der Waals surface area contributed by atoms with Gasteiger partial charge in [0, 0.05) is 32.5 Å². The van der Waals surface area contributed by atoms with E-state index in [4.69, 9.17) is 0 Å². The van der Waals surface area contributed by atoms with Crippen LogP contribution < -0.4 is 5.32 Å². The first-order chi connectivity index (χ1) is 11.4. The fourth-order valence-corrected chi connectivity index (χ4v) is 3.96. The number of pyridine rings is 1. The number of likely N-dealkylation sites (tertiary alicyclic amines) is 1. The molecule has 0 atom stereocenters. The van der Waals surface area contributed by atoms with Gasteiger partial charge in [0.1, 0.15) is 4.90 Å². The van der Waals surface area contributed by atoms with Gasteiger partial charge in [0.2, 0.25) is 15.9 Å². The van der Waals surface area contributed by atoms with Crippen LogP contribution in [0.5, 0.6) is 0 Å². The summed E-state index contributed by atoms with van der Waals surface area (Å²) in [6.07, 6.45) is 5.89. The number of rotatable bonds is 7. The Hall–Kier alpha value is -1.51. The van der Waals surface area contributed by atoms with Gasteiger partial charge in [-0.05, 0) is 50.9 Å². The van der Waals surface area contributed by atoms with Gasteiger partial charge in [-0.2, -0.15) is 4.31 Å². The first kappa shape index (κ1) is 18.8. The highest BCUT2D eigenvalue weighted by molar-refractivity contribution is 7.89. The van der Waals surface area contributed by atoms with Crippen LogP contribution in [0.1, 0.15) is 19.3 Å². The highest BCUT2D eigenvalue weighted by Gasteiger charge is 2.27. The molecule has 1 aliphatic heterocycles. The molecule has 0 aliphatic carbocycles. The van der Waals surface area contributed by atoms with Gasteiger partial charge in [-0.15, -0.1) is 0 Å². The van der Waals surface area contributed by atoms with Crippen molar-refractivity contribution in [3.63, 3.8) is 0 Å². The van der Waals surface area contributed by atoms with E-state index < -0.39 is 10.0 Å². The standard InChI is InChI=1S/C16H26N4O3S/c1-17-9-5-14-6-10-20(11-7-14)16(21)13-19(2)24(22,23)15-4-3-8-18-12-15/h3-4,8,12,14,17H,5-7,9-11,13H2,1-2H3. The predicted octanol–water partition coefficient (Wildman–Crippen LogP) is 0.550. The van der Waals surface area contributed by atoms with Gasteiger partial charge >= 0.3 is 0 Å². The Morgan fingerprint density at radius 1 is 1.42 bits per heavy atom. The Labute approximate surface area is 144 Å². The molecule has 1 fully saturated rings. The number of hydrogen-bond donors (Lipinski definition) is 1. The van der Waals surface area contributed by atoms with Gasteiger partial charge in [-0.25, -0.2) is 8.42 Å². The third-order valence-electron chi connectivity index (χ3n) is 4.47. The van der Waals surface area contributed by atoms with E-state index in [1.165, 1.54) is 25.5 Å². The molecule has 1 aliphatic rings. The summed E-state index contributed by atoms with van der Waals surface area (Å²) < 4.78 is 26.0. The molecular formula is C16H26N4O3S. The van der Waals surface area contributed by atoms with Crippen LogP contribution in [-0.2, 0) is 14.8 Å². The zero-order valence-corrected chi connectivity index (χ0v) is 15.1. The maximum atomic E-state index is 12.4. The van der Waals surface area contributed by atoms with E-state index >= 15 is 0 Å². The Morgan fingerprint density at radius 2 is 2.12 bits per heavy atom. The molecule has 8 heteroatoms. The molecule has 2 heterocycles. The number of carbonyl (C=O) groups is 1. The van der Waals surface area contributed by atoms with Gasteiger partial charge in [0.25, 0.3) is 0 Å². The molecule has 134 valence electrons. The predicted molar refractivity (Wildman–Crippen MR) is 91.9 cm³/mol. The zero-order chi connectivity index (χ0) is 17.6. The summed E-state index contributed by atoms with van der Waals surface area (Å²) in [5, 5.41) is 3.15. The average molecular weight is 354 g/mol. The third kappa shape index (κ3) is 4.75. The number of aromatic nitrogens is 1. The number of carbonyl (C=O) groups excluding carboxylic acids is 1. The first-order valence-electron chi connectivity index (χ1n) is 8.24. The maximum Gasteiger partial charge on any atom is 0.244 e. The molecule has 2 rings (SSSR count). The van der Waals surface area contributed by atoms with Crippen molar-refractivity contribution in [2.45, 2.75) is 24.2 Å². The molecule has 24 heavy (non-hydrogen) atoms. The molecule has 0 aromatic carbocycles. The summed E-state index contributed by atoms with van der Waals surface area (Å²) in [5.74, 6) is 0.496. The summed E-state index contributed by atoms with van der Waals surface area (Å²) >= 11 is 0. The molecule has 1 amide bonds. The van der Waals surface area contributed by atoms with Crippen LogP contribution in [0.4, 0.5) is 0 Å². The summed E-state index contributed by atoms with van der Waals surface area (Å²) in [7, 11) is -0.308. The summed E-state index contributed by atoms with van der Waals surface area (Å²) in [6, 6.07) is 3.05. The number of sulfonamides is 1.